The van der Waals surface area contributed by atoms with Crippen molar-refractivity contribution in [2.45, 2.75) is 38.1 Å². The number of nitrogens with one attached hydrogen (secondary N) is 2. The molecule has 2 aromatic carbocycles. The van der Waals surface area contributed by atoms with Crippen LogP contribution in [0.4, 0.5) is 0 Å². The average molecular weight is 433 g/mol. The van der Waals surface area contributed by atoms with Crippen molar-refractivity contribution < 1.29 is 9.59 Å². The summed E-state index contributed by atoms with van der Waals surface area (Å²) in [5.41, 5.74) is 1.96. The van der Waals surface area contributed by atoms with Crippen molar-refractivity contribution in [3.8, 4) is 6.07 Å². The Balaban J connectivity index is 1.64. The van der Waals surface area contributed by atoms with Gasteiger partial charge in [0.15, 0.2) is 0 Å². The Kier molecular flexibility index (Phi) is 6.15. The summed E-state index contributed by atoms with van der Waals surface area (Å²) in [6, 6.07) is 15.8. The molecule has 1 fully saturated rings. The lowest BCUT2D eigenvalue weighted by Crippen LogP contribution is -2.37. The summed E-state index contributed by atoms with van der Waals surface area (Å²) < 4.78 is 0. The molecule has 0 aromatic heterocycles. The maximum Gasteiger partial charge on any atom is 0.264 e. The first-order valence-electron chi connectivity index (χ1n) is 10.3. The Hall–Kier alpha value is -3.43. The zero-order chi connectivity index (χ0) is 21.8. The molecule has 0 bridgehead atoms. The molecule has 0 radical (unpaired) electrons. The molecule has 1 aliphatic carbocycles. The number of amides is 2. The molecule has 1 saturated carbocycles. The van der Waals surface area contributed by atoms with E-state index in [0.29, 0.717) is 27.5 Å². The molecule has 1 aliphatic heterocycles. The van der Waals surface area contributed by atoms with Gasteiger partial charge in [-0.3, -0.25) is 9.59 Å². The summed E-state index contributed by atoms with van der Waals surface area (Å²) in [5, 5.41) is 16.1. The molecular formula is C24H21ClN4O2. The van der Waals surface area contributed by atoms with Gasteiger partial charge in [0.1, 0.15) is 17.5 Å². The van der Waals surface area contributed by atoms with Crippen LogP contribution in [0.2, 0.25) is 5.02 Å². The largest absolute Gasteiger partial charge is 0.349 e. The number of fused-ring (bicyclic) bond motifs is 1. The fourth-order valence-electron chi connectivity index (χ4n) is 3.91. The van der Waals surface area contributed by atoms with Gasteiger partial charge in [-0.05, 0) is 37.1 Å². The molecule has 2 aromatic rings. The molecule has 4 rings (SSSR count). The highest BCUT2D eigenvalue weighted by atomic mass is 35.5. The fraction of sp³-hybridized carbons (Fsp3) is 0.250. The second kappa shape index (κ2) is 9.15. The summed E-state index contributed by atoms with van der Waals surface area (Å²) in [7, 11) is 0. The van der Waals surface area contributed by atoms with Crippen LogP contribution in [0.5, 0.6) is 0 Å². The van der Waals surface area contributed by atoms with Crippen LogP contribution in [-0.2, 0) is 4.79 Å². The highest BCUT2D eigenvalue weighted by molar-refractivity contribution is 6.30. The number of hydrogen-bond acceptors (Lipinski definition) is 4. The molecule has 0 unspecified atom stereocenters. The van der Waals surface area contributed by atoms with Gasteiger partial charge in [-0.25, -0.2) is 4.99 Å². The Labute approximate surface area is 185 Å². The molecule has 0 spiro atoms. The Morgan fingerprint density at radius 2 is 1.68 bits per heavy atom. The topological polar surface area (TPSA) is 94.3 Å². The van der Waals surface area contributed by atoms with E-state index in [1.807, 2.05) is 18.2 Å². The van der Waals surface area contributed by atoms with Crippen LogP contribution in [-0.4, -0.2) is 23.7 Å². The van der Waals surface area contributed by atoms with Crippen molar-refractivity contribution in [3.05, 3.63) is 75.8 Å². The highest BCUT2D eigenvalue weighted by Crippen LogP contribution is 2.31. The number of halogens is 1. The van der Waals surface area contributed by atoms with E-state index >= 15 is 0 Å². The van der Waals surface area contributed by atoms with E-state index in [9.17, 15) is 14.9 Å². The van der Waals surface area contributed by atoms with Crippen LogP contribution in [0, 0.1) is 11.3 Å². The zero-order valence-electron chi connectivity index (χ0n) is 16.8. The van der Waals surface area contributed by atoms with Gasteiger partial charge in [-0.1, -0.05) is 55.1 Å². The molecule has 2 aliphatic rings. The van der Waals surface area contributed by atoms with Crippen LogP contribution in [0.1, 0.15) is 53.6 Å². The standard InChI is InChI=1S/C24H21ClN4O2/c25-16-12-10-15(11-13-16)23(30)29-22-19-9-5-4-8-18(19)21(28-22)20(14-26)24(31)27-17-6-2-1-3-7-17/h4-5,8-13,17H,1-3,6-7H2,(H,27,31)(H,28,29,30). The van der Waals surface area contributed by atoms with Crippen LogP contribution in [0.15, 0.2) is 59.1 Å². The van der Waals surface area contributed by atoms with Gasteiger partial charge >= 0.3 is 0 Å². The summed E-state index contributed by atoms with van der Waals surface area (Å²) in [4.78, 5) is 30.0. The number of carbonyl (C=O) groups excluding carboxylic acids is 2. The van der Waals surface area contributed by atoms with E-state index in [4.69, 9.17) is 11.6 Å². The minimum absolute atomic E-state index is 0.0474. The lowest BCUT2D eigenvalue weighted by Gasteiger charge is -2.22. The number of nitrogens with zero attached hydrogens (tertiary/aromatic N) is 2. The van der Waals surface area contributed by atoms with Crippen molar-refractivity contribution in [2.24, 2.45) is 4.99 Å². The van der Waals surface area contributed by atoms with Gasteiger partial charge in [-0.15, -0.1) is 0 Å². The molecule has 31 heavy (non-hydrogen) atoms. The summed E-state index contributed by atoms with van der Waals surface area (Å²) >= 11 is 5.89. The van der Waals surface area contributed by atoms with E-state index < -0.39 is 5.91 Å². The lowest BCUT2D eigenvalue weighted by molar-refractivity contribution is -0.117. The number of amidine groups is 1. The molecule has 1 heterocycles. The second-order valence-electron chi connectivity index (χ2n) is 7.61. The first-order valence-corrected chi connectivity index (χ1v) is 10.6. The maximum atomic E-state index is 12.9. The van der Waals surface area contributed by atoms with E-state index in [1.54, 1.807) is 36.4 Å². The van der Waals surface area contributed by atoms with Crippen molar-refractivity contribution in [1.82, 2.24) is 10.6 Å². The molecule has 7 heteroatoms. The SMILES string of the molecule is N#CC(C(=O)NC1CCCCC1)=C1N=C(NC(=O)c2ccc(Cl)cc2)c2ccccc21. The van der Waals surface area contributed by atoms with E-state index in [2.05, 4.69) is 15.6 Å². The van der Waals surface area contributed by atoms with Crippen LogP contribution in [0.3, 0.4) is 0 Å². The number of rotatable bonds is 3. The molecule has 0 atom stereocenters. The monoisotopic (exact) mass is 432 g/mol. The highest BCUT2D eigenvalue weighted by Gasteiger charge is 2.28. The number of benzene rings is 2. The van der Waals surface area contributed by atoms with E-state index in [1.165, 1.54) is 6.42 Å². The van der Waals surface area contributed by atoms with E-state index in [-0.39, 0.29) is 23.2 Å². The molecule has 6 nitrogen and oxygen atoms in total. The number of nitriles is 1. The smallest absolute Gasteiger partial charge is 0.264 e. The first kappa shape index (κ1) is 20.8. The first-order chi connectivity index (χ1) is 15.1. The minimum Gasteiger partial charge on any atom is -0.349 e. The third-order valence-corrected chi connectivity index (χ3v) is 5.77. The van der Waals surface area contributed by atoms with Crippen LogP contribution < -0.4 is 10.6 Å². The summed E-state index contributed by atoms with van der Waals surface area (Å²) in [6.45, 7) is 0. The Morgan fingerprint density at radius 1 is 1.00 bits per heavy atom. The number of hydrogen-bond donors (Lipinski definition) is 2. The molecule has 0 saturated heterocycles. The van der Waals surface area contributed by atoms with Crippen LogP contribution in [0.25, 0.3) is 5.70 Å². The zero-order valence-corrected chi connectivity index (χ0v) is 17.6. The van der Waals surface area contributed by atoms with Gasteiger partial charge in [0.05, 0.1) is 5.70 Å². The van der Waals surface area contributed by atoms with Gasteiger partial charge in [0.25, 0.3) is 11.8 Å². The fourth-order valence-corrected chi connectivity index (χ4v) is 4.04. The average Bonchev–Trinajstić information content (AvgIpc) is 3.13. The van der Waals surface area contributed by atoms with Crippen molar-refractivity contribution in [2.75, 3.05) is 0 Å². The summed E-state index contributed by atoms with van der Waals surface area (Å²) in [5.74, 6) is -0.464. The van der Waals surface area contributed by atoms with Crippen molar-refractivity contribution >= 4 is 34.9 Å². The minimum atomic E-state index is -0.423. The third-order valence-electron chi connectivity index (χ3n) is 5.52. The molecular weight excluding hydrogens is 412 g/mol. The van der Waals surface area contributed by atoms with E-state index in [0.717, 1.165) is 25.7 Å². The summed E-state index contributed by atoms with van der Waals surface area (Å²) in [6.07, 6.45) is 5.16. The second-order valence-corrected chi connectivity index (χ2v) is 8.05. The van der Waals surface area contributed by atoms with Crippen molar-refractivity contribution in [1.29, 1.82) is 5.26 Å². The molecule has 2 amide bonds. The number of aliphatic imine (C=N–C) groups is 1. The number of carbonyl (C=O) groups is 2. The predicted molar refractivity (Wildman–Crippen MR) is 119 cm³/mol. The van der Waals surface area contributed by atoms with Crippen molar-refractivity contribution in [3.63, 3.8) is 0 Å². The van der Waals surface area contributed by atoms with Gasteiger partial charge in [-0.2, -0.15) is 5.26 Å². The quantitative estimate of drug-likeness (QED) is 0.561. The Morgan fingerprint density at radius 3 is 2.35 bits per heavy atom. The molecule has 2 N–H and O–H groups in total. The van der Waals surface area contributed by atoms with Gasteiger partial charge in [0.2, 0.25) is 0 Å². The third kappa shape index (κ3) is 4.52. The Bertz CT molecular complexity index is 1120. The lowest BCUT2D eigenvalue weighted by atomic mass is 9.95. The molecule has 156 valence electrons. The normalized spacial score (nSPS) is 17.2. The van der Waals surface area contributed by atoms with Gasteiger partial charge in [0, 0.05) is 27.8 Å². The van der Waals surface area contributed by atoms with Crippen LogP contribution >= 0.6 is 11.6 Å². The van der Waals surface area contributed by atoms with Gasteiger partial charge < -0.3 is 10.6 Å². The maximum absolute atomic E-state index is 12.9. The predicted octanol–water partition coefficient (Wildman–Crippen LogP) is 4.21.